The molecule has 6 nitrogen and oxygen atoms in total. The summed E-state index contributed by atoms with van der Waals surface area (Å²) in [5, 5.41) is 10.0. The van der Waals surface area contributed by atoms with Gasteiger partial charge < -0.3 is 14.6 Å². The van der Waals surface area contributed by atoms with E-state index in [1.807, 2.05) is 6.92 Å². The molecule has 2 aromatic carbocycles. The third-order valence-corrected chi connectivity index (χ3v) is 6.78. The molecular formula is C21H27NO5S. The Morgan fingerprint density at radius 3 is 2.32 bits per heavy atom. The van der Waals surface area contributed by atoms with E-state index in [1.54, 1.807) is 50.4 Å². The van der Waals surface area contributed by atoms with Gasteiger partial charge in [0.2, 0.25) is 0 Å². The lowest BCUT2D eigenvalue weighted by molar-refractivity contribution is 0.00688. The lowest BCUT2D eigenvalue weighted by atomic mass is 9.95. The number of hydrogen-bond donors (Lipinski definition) is 2. The van der Waals surface area contributed by atoms with Crippen LogP contribution in [0.5, 0.6) is 11.5 Å². The molecule has 0 amide bonds. The van der Waals surface area contributed by atoms with Crippen LogP contribution in [0, 0.1) is 13.8 Å². The third kappa shape index (κ3) is 4.42. The van der Waals surface area contributed by atoms with E-state index >= 15 is 0 Å². The molecule has 2 N–H and O–H groups in total. The Labute approximate surface area is 166 Å². The summed E-state index contributed by atoms with van der Waals surface area (Å²) < 4.78 is 39.3. The van der Waals surface area contributed by atoms with Crippen LogP contribution in [0.1, 0.15) is 36.8 Å². The maximum atomic E-state index is 12.8. The topological polar surface area (TPSA) is 84.9 Å². The summed E-state index contributed by atoms with van der Waals surface area (Å²) in [5.74, 6) is 1.27. The van der Waals surface area contributed by atoms with Crippen molar-refractivity contribution in [2.24, 2.45) is 0 Å². The molecule has 152 valence electrons. The number of nitrogens with one attached hydrogen (secondary N) is 1. The Morgan fingerprint density at radius 2 is 1.68 bits per heavy atom. The van der Waals surface area contributed by atoms with E-state index in [0.29, 0.717) is 22.7 Å². The van der Waals surface area contributed by atoms with Crippen molar-refractivity contribution in [2.75, 3.05) is 11.8 Å². The van der Waals surface area contributed by atoms with Crippen LogP contribution in [0.25, 0.3) is 0 Å². The summed E-state index contributed by atoms with van der Waals surface area (Å²) in [4.78, 5) is 0.219. The quantitative estimate of drug-likeness (QED) is 0.764. The van der Waals surface area contributed by atoms with E-state index in [0.717, 1.165) is 31.2 Å². The Balaban J connectivity index is 1.73. The first kappa shape index (κ1) is 20.5. The van der Waals surface area contributed by atoms with Crippen LogP contribution in [0.3, 0.4) is 0 Å². The van der Waals surface area contributed by atoms with E-state index in [-0.39, 0.29) is 11.0 Å². The van der Waals surface area contributed by atoms with Gasteiger partial charge in [-0.05, 0) is 80.6 Å². The first-order valence-corrected chi connectivity index (χ1v) is 10.9. The van der Waals surface area contributed by atoms with Gasteiger partial charge in [-0.3, -0.25) is 4.72 Å². The molecule has 0 spiro atoms. The maximum Gasteiger partial charge on any atom is 0.262 e. The highest BCUT2D eigenvalue weighted by Crippen LogP contribution is 2.29. The molecule has 2 unspecified atom stereocenters. The summed E-state index contributed by atoms with van der Waals surface area (Å²) in [7, 11) is -2.17. The van der Waals surface area contributed by atoms with Gasteiger partial charge in [-0.25, -0.2) is 8.42 Å². The highest BCUT2D eigenvalue weighted by Gasteiger charge is 2.25. The lowest BCUT2D eigenvalue weighted by Crippen LogP contribution is -2.34. The zero-order valence-corrected chi connectivity index (χ0v) is 17.3. The smallest absolute Gasteiger partial charge is 0.262 e. The van der Waals surface area contributed by atoms with Crippen LogP contribution < -0.4 is 14.2 Å². The number of benzene rings is 2. The fourth-order valence-corrected chi connectivity index (χ4v) is 4.84. The highest BCUT2D eigenvalue weighted by molar-refractivity contribution is 7.92. The number of hydrogen-bond acceptors (Lipinski definition) is 5. The summed E-state index contributed by atoms with van der Waals surface area (Å²) >= 11 is 0. The van der Waals surface area contributed by atoms with Gasteiger partial charge in [0.05, 0.1) is 18.1 Å². The number of ether oxygens (including phenoxy) is 2. The molecule has 0 radical (unpaired) electrons. The fraction of sp³-hybridized carbons (Fsp3) is 0.429. The van der Waals surface area contributed by atoms with Crippen LogP contribution in [-0.4, -0.2) is 32.8 Å². The molecule has 1 aliphatic carbocycles. The average Bonchev–Trinajstić information content (AvgIpc) is 2.67. The van der Waals surface area contributed by atoms with Crippen LogP contribution >= 0.6 is 0 Å². The minimum Gasteiger partial charge on any atom is -0.496 e. The van der Waals surface area contributed by atoms with Crippen molar-refractivity contribution in [1.82, 2.24) is 0 Å². The minimum absolute atomic E-state index is 0.207. The number of sulfonamides is 1. The van der Waals surface area contributed by atoms with Crippen LogP contribution in [0.2, 0.25) is 0 Å². The van der Waals surface area contributed by atoms with Gasteiger partial charge >= 0.3 is 0 Å². The van der Waals surface area contributed by atoms with E-state index in [9.17, 15) is 13.5 Å². The molecule has 0 aromatic heterocycles. The van der Waals surface area contributed by atoms with E-state index in [2.05, 4.69) is 4.72 Å². The van der Waals surface area contributed by atoms with Gasteiger partial charge in [0.1, 0.15) is 17.6 Å². The van der Waals surface area contributed by atoms with Crippen molar-refractivity contribution in [3.8, 4) is 11.5 Å². The zero-order chi connectivity index (χ0) is 20.3. The van der Waals surface area contributed by atoms with Crippen LogP contribution in [-0.2, 0) is 10.0 Å². The third-order valence-electron chi connectivity index (χ3n) is 5.26. The minimum atomic E-state index is -3.73. The van der Waals surface area contributed by atoms with Gasteiger partial charge in [-0.2, -0.15) is 0 Å². The Bertz CT molecular complexity index is 925. The molecule has 0 heterocycles. The molecule has 28 heavy (non-hydrogen) atoms. The van der Waals surface area contributed by atoms with Gasteiger partial charge in [0.25, 0.3) is 10.0 Å². The molecule has 0 aliphatic heterocycles. The molecule has 2 atom stereocenters. The predicted octanol–water partition coefficient (Wildman–Crippen LogP) is 3.80. The van der Waals surface area contributed by atoms with Crippen molar-refractivity contribution in [1.29, 1.82) is 0 Å². The average molecular weight is 406 g/mol. The van der Waals surface area contributed by atoms with Gasteiger partial charge in [-0.1, -0.05) is 6.42 Å². The van der Waals surface area contributed by atoms with E-state index in [1.165, 1.54) is 0 Å². The second-order valence-corrected chi connectivity index (χ2v) is 8.80. The van der Waals surface area contributed by atoms with Crippen molar-refractivity contribution in [3.63, 3.8) is 0 Å². The predicted molar refractivity (Wildman–Crippen MR) is 109 cm³/mol. The number of rotatable bonds is 6. The maximum absolute atomic E-state index is 12.8. The summed E-state index contributed by atoms with van der Waals surface area (Å²) in [6, 6.07) is 9.95. The zero-order valence-electron chi connectivity index (χ0n) is 16.4. The first-order valence-electron chi connectivity index (χ1n) is 9.43. The monoisotopic (exact) mass is 405 g/mol. The number of methoxy groups -OCH3 is 1. The molecule has 7 heteroatoms. The van der Waals surface area contributed by atoms with Crippen LogP contribution in [0.15, 0.2) is 41.3 Å². The van der Waals surface area contributed by atoms with Gasteiger partial charge in [0.15, 0.2) is 0 Å². The molecule has 2 aromatic rings. The molecule has 0 bridgehead atoms. The van der Waals surface area contributed by atoms with E-state index < -0.39 is 16.1 Å². The van der Waals surface area contributed by atoms with E-state index in [4.69, 9.17) is 9.47 Å². The van der Waals surface area contributed by atoms with Gasteiger partial charge in [-0.15, -0.1) is 0 Å². The van der Waals surface area contributed by atoms with Crippen molar-refractivity contribution in [2.45, 2.75) is 56.6 Å². The fourth-order valence-electron chi connectivity index (χ4n) is 3.48. The summed E-state index contributed by atoms with van der Waals surface area (Å²) in [6.07, 6.45) is 2.98. The van der Waals surface area contributed by atoms with Crippen molar-refractivity contribution >= 4 is 15.7 Å². The lowest BCUT2D eigenvalue weighted by Gasteiger charge is -2.28. The number of aliphatic hydroxyl groups is 1. The molecular weight excluding hydrogens is 378 g/mol. The van der Waals surface area contributed by atoms with Crippen molar-refractivity contribution in [3.05, 3.63) is 47.5 Å². The standard InChI is InChI=1S/C21H27NO5S/c1-14-15(2)21(13-12-19(14)26-3)28(24,25)22-16-8-10-17(11-9-16)27-20-7-5-4-6-18(20)23/h8-13,18,20,22-23H,4-7H2,1-3H3. The number of anilines is 1. The van der Waals surface area contributed by atoms with Crippen LogP contribution in [0.4, 0.5) is 5.69 Å². The summed E-state index contributed by atoms with van der Waals surface area (Å²) in [6.45, 7) is 3.60. The SMILES string of the molecule is COc1ccc(S(=O)(=O)Nc2ccc(OC3CCCCC3O)cc2)c(C)c1C. The molecule has 1 saturated carbocycles. The molecule has 3 rings (SSSR count). The largest absolute Gasteiger partial charge is 0.496 e. The highest BCUT2D eigenvalue weighted by atomic mass is 32.2. The number of aliphatic hydroxyl groups excluding tert-OH is 1. The first-order chi connectivity index (χ1) is 13.3. The Kier molecular flexibility index (Phi) is 6.15. The molecule has 1 aliphatic rings. The summed E-state index contributed by atoms with van der Waals surface area (Å²) in [5.41, 5.74) is 1.89. The normalized spacial score (nSPS) is 19.9. The second kappa shape index (κ2) is 8.41. The molecule has 0 saturated heterocycles. The molecule has 1 fully saturated rings. The second-order valence-electron chi connectivity index (χ2n) is 7.15. The Hall–Kier alpha value is -2.25. The van der Waals surface area contributed by atoms with Gasteiger partial charge in [0, 0.05) is 5.69 Å². The van der Waals surface area contributed by atoms with Crippen molar-refractivity contribution < 1.29 is 23.0 Å². The Morgan fingerprint density at radius 1 is 1.00 bits per heavy atom.